The van der Waals surface area contributed by atoms with Gasteiger partial charge in [0.05, 0.1) is 23.8 Å². The Morgan fingerprint density at radius 3 is 2.38 bits per heavy atom. The van der Waals surface area contributed by atoms with Crippen LogP contribution in [0.15, 0.2) is 24.3 Å². The average Bonchev–Trinajstić information content (AvgIpc) is 3.34. The molecular formula is C27H30N2O7S. The van der Waals surface area contributed by atoms with Crippen molar-refractivity contribution in [2.75, 3.05) is 19.0 Å². The molecule has 1 N–H and O–H groups in total. The molecule has 0 saturated carbocycles. The minimum absolute atomic E-state index is 0.0295. The van der Waals surface area contributed by atoms with Crippen LogP contribution in [-0.2, 0) is 31.9 Å². The maximum Gasteiger partial charge on any atom is 0.341 e. The van der Waals surface area contributed by atoms with Crippen molar-refractivity contribution in [3.8, 4) is 0 Å². The van der Waals surface area contributed by atoms with E-state index in [0.717, 1.165) is 34.6 Å². The van der Waals surface area contributed by atoms with Crippen molar-refractivity contribution in [3.63, 3.8) is 0 Å². The summed E-state index contributed by atoms with van der Waals surface area (Å²) in [5, 5.41) is 3.05. The molecule has 2 heterocycles. The summed E-state index contributed by atoms with van der Waals surface area (Å²) in [6, 6.07) is 5.22. The van der Waals surface area contributed by atoms with Gasteiger partial charge in [-0.1, -0.05) is 32.9 Å². The number of rotatable bonds is 8. The number of methoxy groups -OCH3 is 1. The number of carbonyl (C=O) groups is 5. The standard InChI is InChI=1S/C27H30N2O7S/c1-14(2)11-19(29-24(31)16-7-5-6-8-17(16)25(29)32)26(33)36-13-21(30)28-23-22(27(34)35-4)18-10-9-15(3)12-20(18)37-23/h5-8,14-15,19H,9-13H2,1-4H3,(H,28,30)/t15-,19+/m0/s1. The van der Waals surface area contributed by atoms with E-state index in [1.807, 2.05) is 13.8 Å². The van der Waals surface area contributed by atoms with Crippen molar-refractivity contribution in [2.24, 2.45) is 11.8 Å². The molecule has 2 aliphatic rings. The number of imide groups is 1. The SMILES string of the molecule is COC(=O)c1c(NC(=O)COC(=O)[C@@H](CC(C)C)N2C(=O)c3ccccc3C2=O)sc2c1CC[C@H](C)C2. The van der Waals surface area contributed by atoms with Gasteiger partial charge in [0.25, 0.3) is 17.7 Å². The van der Waals surface area contributed by atoms with E-state index >= 15 is 0 Å². The van der Waals surface area contributed by atoms with E-state index in [4.69, 9.17) is 9.47 Å². The van der Waals surface area contributed by atoms with Crippen LogP contribution in [0.1, 0.15) is 75.1 Å². The van der Waals surface area contributed by atoms with Crippen molar-refractivity contribution in [1.82, 2.24) is 4.90 Å². The Kier molecular flexibility index (Phi) is 7.77. The summed E-state index contributed by atoms with van der Waals surface area (Å²) in [5.41, 5.74) is 1.71. The number of hydrogen-bond acceptors (Lipinski definition) is 8. The molecular weight excluding hydrogens is 496 g/mol. The molecule has 4 rings (SSSR count). The van der Waals surface area contributed by atoms with E-state index in [9.17, 15) is 24.0 Å². The Bertz CT molecular complexity index is 1230. The molecule has 0 unspecified atom stereocenters. The zero-order chi connectivity index (χ0) is 26.9. The first-order chi connectivity index (χ1) is 17.6. The van der Waals surface area contributed by atoms with Crippen molar-refractivity contribution < 1.29 is 33.4 Å². The largest absolute Gasteiger partial charge is 0.465 e. The molecule has 1 aromatic heterocycles. The van der Waals surface area contributed by atoms with E-state index in [2.05, 4.69) is 12.2 Å². The number of anilines is 1. The number of nitrogens with zero attached hydrogens (tertiary/aromatic N) is 1. The van der Waals surface area contributed by atoms with Gasteiger partial charge in [-0.15, -0.1) is 11.3 Å². The lowest BCUT2D eigenvalue weighted by Crippen LogP contribution is -2.46. The van der Waals surface area contributed by atoms with E-state index in [-0.39, 0.29) is 23.5 Å². The third-order valence-corrected chi connectivity index (χ3v) is 7.77. The molecule has 0 spiro atoms. The van der Waals surface area contributed by atoms with Gasteiger partial charge < -0.3 is 14.8 Å². The van der Waals surface area contributed by atoms with Gasteiger partial charge in [-0.3, -0.25) is 19.3 Å². The van der Waals surface area contributed by atoms with Crippen LogP contribution in [-0.4, -0.2) is 54.3 Å². The van der Waals surface area contributed by atoms with Gasteiger partial charge in [-0.25, -0.2) is 9.59 Å². The first-order valence-electron chi connectivity index (χ1n) is 12.3. The highest BCUT2D eigenvalue weighted by Crippen LogP contribution is 2.40. The van der Waals surface area contributed by atoms with Gasteiger partial charge in [0.1, 0.15) is 11.0 Å². The van der Waals surface area contributed by atoms with Crippen LogP contribution < -0.4 is 5.32 Å². The number of hydrogen-bond donors (Lipinski definition) is 1. The Morgan fingerprint density at radius 1 is 1.14 bits per heavy atom. The van der Waals surface area contributed by atoms with Crippen molar-refractivity contribution in [1.29, 1.82) is 0 Å². The number of nitrogens with one attached hydrogen (secondary N) is 1. The Morgan fingerprint density at radius 2 is 1.78 bits per heavy atom. The molecule has 196 valence electrons. The topological polar surface area (TPSA) is 119 Å². The first kappa shape index (κ1) is 26.5. The fraction of sp³-hybridized carbons (Fsp3) is 0.444. The lowest BCUT2D eigenvalue weighted by molar-refractivity contribution is -0.151. The second-order valence-corrected chi connectivity index (χ2v) is 11.0. The zero-order valence-corrected chi connectivity index (χ0v) is 22.1. The normalized spacial score (nSPS) is 17.3. The zero-order valence-electron chi connectivity index (χ0n) is 21.3. The molecule has 3 amide bonds. The summed E-state index contributed by atoms with van der Waals surface area (Å²) in [4.78, 5) is 66.1. The second kappa shape index (κ2) is 10.8. The smallest absolute Gasteiger partial charge is 0.341 e. The number of ether oxygens (including phenoxy) is 2. The number of amides is 3. The predicted octanol–water partition coefficient (Wildman–Crippen LogP) is 3.85. The van der Waals surface area contributed by atoms with Crippen LogP contribution in [0.3, 0.4) is 0 Å². The third kappa shape index (κ3) is 5.29. The van der Waals surface area contributed by atoms with Gasteiger partial charge in [-0.05, 0) is 55.2 Å². The highest BCUT2D eigenvalue weighted by atomic mass is 32.1. The summed E-state index contributed by atoms with van der Waals surface area (Å²) in [6.45, 7) is 5.23. The fourth-order valence-corrected chi connectivity index (χ4v) is 6.21. The number of thiophene rings is 1. The van der Waals surface area contributed by atoms with Crippen LogP contribution in [0.5, 0.6) is 0 Å². The Hall–Kier alpha value is -3.53. The molecule has 9 nitrogen and oxygen atoms in total. The average molecular weight is 527 g/mol. The van der Waals surface area contributed by atoms with Gasteiger partial charge in [0, 0.05) is 4.88 Å². The summed E-state index contributed by atoms with van der Waals surface area (Å²) >= 11 is 1.33. The van der Waals surface area contributed by atoms with Crippen LogP contribution in [0.2, 0.25) is 0 Å². The first-order valence-corrected chi connectivity index (χ1v) is 13.1. The summed E-state index contributed by atoms with van der Waals surface area (Å²) in [7, 11) is 1.29. The minimum Gasteiger partial charge on any atom is -0.465 e. The number of benzene rings is 1. The predicted molar refractivity (Wildman–Crippen MR) is 137 cm³/mol. The minimum atomic E-state index is -1.17. The molecule has 1 aromatic carbocycles. The Labute approximate surface area is 219 Å². The van der Waals surface area contributed by atoms with E-state index < -0.39 is 42.3 Å². The molecule has 0 saturated heterocycles. The lowest BCUT2D eigenvalue weighted by Gasteiger charge is -2.25. The summed E-state index contributed by atoms with van der Waals surface area (Å²) in [6.07, 6.45) is 2.66. The third-order valence-electron chi connectivity index (χ3n) is 6.60. The molecule has 2 atom stereocenters. The number of esters is 2. The van der Waals surface area contributed by atoms with Gasteiger partial charge >= 0.3 is 11.9 Å². The molecule has 0 bridgehead atoms. The Balaban J connectivity index is 1.47. The van der Waals surface area contributed by atoms with Crippen molar-refractivity contribution in [3.05, 3.63) is 51.4 Å². The maximum absolute atomic E-state index is 13.1. The van der Waals surface area contributed by atoms with Gasteiger partial charge in [0.15, 0.2) is 6.61 Å². The van der Waals surface area contributed by atoms with Crippen molar-refractivity contribution >= 4 is 46.0 Å². The molecule has 1 aliphatic carbocycles. The monoisotopic (exact) mass is 526 g/mol. The molecule has 2 aromatic rings. The van der Waals surface area contributed by atoms with Crippen molar-refractivity contribution in [2.45, 2.75) is 52.5 Å². The quantitative estimate of drug-likeness (QED) is 0.410. The summed E-state index contributed by atoms with van der Waals surface area (Å²) < 4.78 is 10.2. The number of fused-ring (bicyclic) bond motifs is 2. The molecule has 10 heteroatoms. The van der Waals surface area contributed by atoms with Crippen LogP contribution in [0, 0.1) is 11.8 Å². The lowest BCUT2D eigenvalue weighted by atomic mass is 9.88. The number of carbonyl (C=O) groups excluding carboxylic acids is 5. The maximum atomic E-state index is 13.1. The summed E-state index contributed by atoms with van der Waals surface area (Å²) in [5.74, 6) is -2.68. The van der Waals surface area contributed by atoms with Gasteiger partial charge in [0.2, 0.25) is 0 Å². The highest BCUT2D eigenvalue weighted by molar-refractivity contribution is 7.17. The fourth-order valence-electron chi connectivity index (χ4n) is 4.80. The van der Waals surface area contributed by atoms with Crippen LogP contribution in [0.25, 0.3) is 0 Å². The highest BCUT2D eigenvalue weighted by Gasteiger charge is 2.43. The van der Waals surface area contributed by atoms with Crippen LogP contribution in [0.4, 0.5) is 5.00 Å². The molecule has 37 heavy (non-hydrogen) atoms. The van der Waals surface area contributed by atoms with E-state index in [1.165, 1.54) is 18.4 Å². The second-order valence-electron chi connectivity index (χ2n) is 9.87. The molecule has 0 fully saturated rings. The van der Waals surface area contributed by atoms with E-state index in [0.29, 0.717) is 16.5 Å². The molecule has 0 radical (unpaired) electrons. The van der Waals surface area contributed by atoms with E-state index in [1.54, 1.807) is 24.3 Å². The van der Waals surface area contributed by atoms with Gasteiger partial charge in [-0.2, -0.15) is 0 Å². The molecule has 1 aliphatic heterocycles. The van der Waals surface area contributed by atoms with Crippen LogP contribution >= 0.6 is 11.3 Å².